The molecule has 1 amide bonds. The molecule has 1 N–H and O–H groups in total. The summed E-state index contributed by atoms with van der Waals surface area (Å²) < 4.78 is 0. The molecule has 0 aliphatic carbocycles. The number of H-pyrrole nitrogens is 1. The molecule has 1 aromatic heterocycles. The first-order valence-electron chi connectivity index (χ1n) is 7.35. The summed E-state index contributed by atoms with van der Waals surface area (Å²) >= 11 is 1.15. The molecule has 0 bridgehead atoms. The Morgan fingerprint density at radius 3 is 2.57 bits per heavy atom. The maximum Gasteiger partial charge on any atom is 0.251 e. The van der Waals surface area contributed by atoms with E-state index < -0.39 is 0 Å². The largest absolute Gasteiger partial charge is 0.340 e. The van der Waals surface area contributed by atoms with Crippen molar-refractivity contribution < 1.29 is 4.79 Å². The van der Waals surface area contributed by atoms with Crippen molar-refractivity contribution in [3.05, 3.63) is 22.1 Å². The van der Waals surface area contributed by atoms with Crippen LogP contribution in [-0.2, 0) is 11.2 Å². The summed E-state index contributed by atoms with van der Waals surface area (Å²) in [7, 11) is 0. The Morgan fingerprint density at radius 1 is 1.35 bits per heavy atom. The van der Waals surface area contributed by atoms with Gasteiger partial charge in [0.25, 0.3) is 5.56 Å². The summed E-state index contributed by atoms with van der Waals surface area (Å²) in [6.45, 7) is 2.61. The van der Waals surface area contributed by atoms with Gasteiger partial charge < -0.3 is 9.88 Å². The lowest BCUT2D eigenvalue weighted by Crippen LogP contribution is -2.34. The number of carbonyl (C=O) groups is 1. The summed E-state index contributed by atoms with van der Waals surface area (Å²) in [6.07, 6.45) is 2.04. The summed E-state index contributed by atoms with van der Waals surface area (Å²) in [6, 6.07) is 5.44. The topological polar surface area (TPSA) is 114 Å². The van der Waals surface area contributed by atoms with Crippen LogP contribution in [-0.4, -0.2) is 39.6 Å². The maximum atomic E-state index is 12.2. The summed E-state index contributed by atoms with van der Waals surface area (Å²) in [5, 5.41) is 17.7. The van der Waals surface area contributed by atoms with E-state index in [1.54, 1.807) is 0 Å². The summed E-state index contributed by atoms with van der Waals surface area (Å²) in [4.78, 5) is 32.2. The van der Waals surface area contributed by atoms with Gasteiger partial charge in [-0.2, -0.15) is 10.5 Å². The fourth-order valence-corrected chi connectivity index (χ4v) is 2.69. The highest BCUT2D eigenvalue weighted by atomic mass is 32.2. The molecule has 0 aromatic carbocycles. The molecule has 23 heavy (non-hydrogen) atoms. The Bertz CT molecular complexity index is 641. The lowest BCUT2D eigenvalue weighted by Gasteiger charge is -2.19. The highest BCUT2D eigenvalue weighted by Crippen LogP contribution is 2.13. The minimum absolute atomic E-state index is 0.107. The number of carbonyl (C=O) groups excluding carboxylic acids is 1. The van der Waals surface area contributed by atoms with Gasteiger partial charge in [0.1, 0.15) is 0 Å². The molecule has 0 saturated heterocycles. The monoisotopic (exact) mass is 333 g/mol. The zero-order valence-electron chi connectivity index (χ0n) is 13.0. The third-order valence-electron chi connectivity index (χ3n) is 2.95. The predicted octanol–water partition coefficient (Wildman–Crippen LogP) is 1.47. The average molecular weight is 333 g/mol. The molecule has 0 aliphatic rings. The molecular weight excluding hydrogens is 314 g/mol. The van der Waals surface area contributed by atoms with Crippen molar-refractivity contribution in [3.63, 3.8) is 0 Å². The predicted molar refractivity (Wildman–Crippen MR) is 86.6 cm³/mol. The van der Waals surface area contributed by atoms with Gasteiger partial charge in [0.15, 0.2) is 5.16 Å². The van der Waals surface area contributed by atoms with Gasteiger partial charge in [-0.1, -0.05) is 25.1 Å². The second kappa shape index (κ2) is 10.4. The van der Waals surface area contributed by atoms with Crippen LogP contribution < -0.4 is 5.56 Å². The number of rotatable bonds is 9. The van der Waals surface area contributed by atoms with Gasteiger partial charge in [0.05, 0.1) is 30.7 Å². The lowest BCUT2D eigenvalue weighted by atomic mass is 10.2. The Morgan fingerprint density at radius 2 is 2.00 bits per heavy atom. The van der Waals surface area contributed by atoms with E-state index in [-0.39, 0.29) is 30.1 Å². The van der Waals surface area contributed by atoms with Crippen LogP contribution in [0.1, 0.15) is 31.9 Å². The van der Waals surface area contributed by atoms with E-state index >= 15 is 0 Å². The van der Waals surface area contributed by atoms with Crippen LogP contribution in [0, 0.1) is 22.7 Å². The highest BCUT2D eigenvalue weighted by Gasteiger charge is 2.14. The third-order valence-corrected chi connectivity index (χ3v) is 3.81. The Hall–Kier alpha value is -2.32. The third kappa shape index (κ3) is 6.98. The standard InChI is InChI=1S/C15H19N5O2S/c1-2-5-12-10-13(21)19-15(18-12)23-11-14(22)20(8-3-6-16)9-4-7-17/h10H,2-5,8-9,11H2,1H3,(H,18,19,21). The first-order valence-corrected chi connectivity index (χ1v) is 8.34. The van der Waals surface area contributed by atoms with E-state index in [1.165, 1.54) is 11.0 Å². The summed E-state index contributed by atoms with van der Waals surface area (Å²) in [5.41, 5.74) is 0.473. The molecule has 0 saturated carbocycles. The van der Waals surface area contributed by atoms with E-state index in [0.717, 1.165) is 18.2 Å². The van der Waals surface area contributed by atoms with Gasteiger partial charge in [-0.15, -0.1) is 0 Å². The van der Waals surface area contributed by atoms with Gasteiger partial charge in [-0.3, -0.25) is 9.59 Å². The number of amides is 1. The van der Waals surface area contributed by atoms with Crippen molar-refractivity contribution in [1.29, 1.82) is 10.5 Å². The van der Waals surface area contributed by atoms with E-state index in [9.17, 15) is 9.59 Å². The lowest BCUT2D eigenvalue weighted by molar-refractivity contribution is -0.128. The maximum absolute atomic E-state index is 12.2. The second-order valence-corrected chi connectivity index (χ2v) is 5.74. The molecule has 0 spiro atoms. The number of aromatic nitrogens is 2. The number of aromatic amines is 1. The van der Waals surface area contributed by atoms with Crippen molar-refractivity contribution in [2.45, 2.75) is 37.8 Å². The molecule has 122 valence electrons. The fraction of sp³-hybridized carbons (Fsp3) is 0.533. The van der Waals surface area contributed by atoms with Crippen LogP contribution in [0.25, 0.3) is 0 Å². The first-order chi connectivity index (χ1) is 11.1. The van der Waals surface area contributed by atoms with Crippen molar-refractivity contribution in [2.75, 3.05) is 18.8 Å². The first kappa shape index (κ1) is 18.7. The van der Waals surface area contributed by atoms with Crippen LogP contribution in [0.4, 0.5) is 0 Å². The zero-order valence-corrected chi connectivity index (χ0v) is 13.9. The molecule has 0 atom stereocenters. The van der Waals surface area contributed by atoms with Crippen molar-refractivity contribution >= 4 is 17.7 Å². The number of hydrogen-bond acceptors (Lipinski definition) is 6. The van der Waals surface area contributed by atoms with E-state index in [1.807, 2.05) is 19.1 Å². The Labute approximate surface area is 139 Å². The van der Waals surface area contributed by atoms with Crippen LogP contribution >= 0.6 is 11.8 Å². The van der Waals surface area contributed by atoms with Crippen LogP contribution in [0.15, 0.2) is 16.0 Å². The number of nitrogens with zero attached hydrogens (tertiary/aromatic N) is 4. The molecule has 7 nitrogen and oxygen atoms in total. The number of nitrogens with one attached hydrogen (secondary N) is 1. The minimum atomic E-state index is -0.232. The van der Waals surface area contributed by atoms with Crippen LogP contribution in [0.5, 0.6) is 0 Å². The Kier molecular flexibility index (Phi) is 8.48. The molecule has 1 aromatic rings. The number of aryl methyl sites for hydroxylation is 1. The van der Waals surface area contributed by atoms with Gasteiger partial charge >= 0.3 is 0 Å². The van der Waals surface area contributed by atoms with E-state index in [2.05, 4.69) is 9.97 Å². The van der Waals surface area contributed by atoms with E-state index in [0.29, 0.717) is 30.4 Å². The number of nitriles is 2. The number of thioether (sulfide) groups is 1. The average Bonchev–Trinajstić information content (AvgIpc) is 2.52. The molecule has 0 aliphatic heterocycles. The molecule has 0 fully saturated rings. The molecule has 1 rings (SSSR count). The fourth-order valence-electron chi connectivity index (χ4n) is 1.89. The highest BCUT2D eigenvalue weighted by molar-refractivity contribution is 7.99. The zero-order chi connectivity index (χ0) is 17.1. The quantitative estimate of drug-likeness (QED) is 0.541. The van der Waals surface area contributed by atoms with Crippen molar-refractivity contribution in [1.82, 2.24) is 14.9 Å². The molecule has 0 radical (unpaired) electrons. The van der Waals surface area contributed by atoms with Gasteiger partial charge in [-0.05, 0) is 6.42 Å². The summed E-state index contributed by atoms with van der Waals surface area (Å²) in [5.74, 6) is -0.0703. The Balaban J connectivity index is 2.67. The second-order valence-electron chi connectivity index (χ2n) is 4.78. The smallest absolute Gasteiger partial charge is 0.251 e. The molecular formula is C15H19N5O2S. The van der Waals surface area contributed by atoms with Gasteiger partial charge in [0.2, 0.25) is 5.91 Å². The normalized spacial score (nSPS) is 9.87. The number of hydrogen-bond donors (Lipinski definition) is 1. The van der Waals surface area contributed by atoms with Crippen LogP contribution in [0.3, 0.4) is 0 Å². The molecule has 8 heteroatoms. The van der Waals surface area contributed by atoms with Gasteiger partial charge in [-0.25, -0.2) is 4.98 Å². The van der Waals surface area contributed by atoms with Crippen LogP contribution in [0.2, 0.25) is 0 Å². The minimum Gasteiger partial charge on any atom is -0.340 e. The van der Waals surface area contributed by atoms with Gasteiger partial charge in [0, 0.05) is 24.8 Å². The SMILES string of the molecule is CCCc1cc(=O)[nH]c(SCC(=O)N(CCC#N)CCC#N)n1. The van der Waals surface area contributed by atoms with E-state index in [4.69, 9.17) is 10.5 Å². The molecule has 0 unspecified atom stereocenters. The van der Waals surface area contributed by atoms with Crippen molar-refractivity contribution in [2.24, 2.45) is 0 Å². The van der Waals surface area contributed by atoms with Crippen molar-refractivity contribution in [3.8, 4) is 12.1 Å². The molecule has 1 heterocycles.